The van der Waals surface area contributed by atoms with Gasteiger partial charge in [-0.15, -0.1) is 0 Å². The highest BCUT2D eigenvalue weighted by Gasteiger charge is 2.18. The van der Waals surface area contributed by atoms with Crippen LogP contribution in [0.3, 0.4) is 0 Å². The first kappa shape index (κ1) is 11.9. The lowest BCUT2D eigenvalue weighted by atomic mass is 10.1. The number of aromatic nitrogens is 1. The number of benzene rings is 1. The highest BCUT2D eigenvalue weighted by atomic mass is 16.5. The summed E-state index contributed by atoms with van der Waals surface area (Å²) in [6, 6.07) is 10.2. The molecule has 3 nitrogen and oxygen atoms in total. The summed E-state index contributed by atoms with van der Waals surface area (Å²) in [6.07, 6.45) is 1.83. The van der Waals surface area contributed by atoms with Crippen molar-refractivity contribution in [1.82, 2.24) is 4.98 Å². The fraction of sp³-hybridized carbons (Fsp3) is 0.357. The highest BCUT2D eigenvalue weighted by Crippen LogP contribution is 2.23. The van der Waals surface area contributed by atoms with Gasteiger partial charge in [-0.1, -0.05) is 24.3 Å². The van der Waals surface area contributed by atoms with Crippen molar-refractivity contribution in [1.29, 1.82) is 0 Å². The van der Waals surface area contributed by atoms with Gasteiger partial charge in [-0.25, -0.2) is 4.98 Å². The summed E-state index contributed by atoms with van der Waals surface area (Å²) in [5, 5.41) is 5.76. The number of hydrogen-bond acceptors (Lipinski definition) is 3. The van der Waals surface area contributed by atoms with Crippen molar-refractivity contribution in [2.45, 2.75) is 19.4 Å². The van der Waals surface area contributed by atoms with E-state index in [0.717, 1.165) is 11.2 Å². The van der Waals surface area contributed by atoms with Crippen LogP contribution in [0.5, 0.6) is 0 Å². The zero-order chi connectivity index (χ0) is 12.3. The van der Waals surface area contributed by atoms with Crippen LogP contribution in [0.1, 0.15) is 13.8 Å². The van der Waals surface area contributed by atoms with E-state index in [1.54, 1.807) is 7.11 Å². The molecule has 0 aliphatic heterocycles. The van der Waals surface area contributed by atoms with Crippen molar-refractivity contribution in [3.63, 3.8) is 0 Å². The van der Waals surface area contributed by atoms with Gasteiger partial charge in [0.25, 0.3) is 0 Å². The molecule has 1 aromatic carbocycles. The number of nitrogens with one attached hydrogen (secondary N) is 1. The molecule has 0 aliphatic carbocycles. The quantitative estimate of drug-likeness (QED) is 0.876. The number of anilines is 1. The monoisotopic (exact) mass is 230 g/mol. The second-order valence-corrected chi connectivity index (χ2v) is 4.82. The Balaban J connectivity index is 2.36. The fourth-order valence-electron chi connectivity index (χ4n) is 1.94. The molecule has 0 spiro atoms. The van der Waals surface area contributed by atoms with Crippen LogP contribution in [-0.2, 0) is 4.74 Å². The molecule has 2 rings (SSSR count). The Bertz CT molecular complexity index is 503. The Morgan fingerprint density at radius 2 is 2.00 bits per heavy atom. The molecular formula is C14H18N2O. The van der Waals surface area contributed by atoms with Gasteiger partial charge in [0.15, 0.2) is 0 Å². The van der Waals surface area contributed by atoms with Gasteiger partial charge in [0.1, 0.15) is 5.82 Å². The van der Waals surface area contributed by atoms with Crippen molar-refractivity contribution < 1.29 is 4.74 Å². The summed E-state index contributed by atoms with van der Waals surface area (Å²) in [4.78, 5) is 4.41. The van der Waals surface area contributed by atoms with Crippen LogP contribution < -0.4 is 5.32 Å². The summed E-state index contributed by atoms with van der Waals surface area (Å²) in [6.45, 7) is 4.83. The van der Waals surface area contributed by atoms with Crippen LogP contribution in [0.4, 0.5) is 5.82 Å². The number of hydrogen-bond donors (Lipinski definition) is 1. The minimum Gasteiger partial charge on any atom is -0.382 e. The fourth-order valence-corrected chi connectivity index (χ4v) is 1.94. The summed E-state index contributed by atoms with van der Waals surface area (Å²) in [5.74, 6) is 0.908. The topological polar surface area (TPSA) is 34.1 Å². The molecule has 0 bridgehead atoms. The first-order chi connectivity index (χ1) is 8.12. The van der Waals surface area contributed by atoms with Gasteiger partial charge >= 0.3 is 0 Å². The van der Waals surface area contributed by atoms with Crippen molar-refractivity contribution in [2.24, 2.45) is 0 Å². The van der Waals surface area contributed by atoms with Crippen molar-refractivity contribution in [3.8, 4) is 0 Å². The van der Waals surface area contributed by atoms with Crippen LogP contribution in [0, 0.1) is 0 Å². The number of ether oxygens (including phenoxy) is 1. The van der Waals surface area contributed by atoms with Gasteiger partial charge in [0.05, 0.1) is 12.1 Å². The second-order valence-electron chi connectivity index (χ2n) is 4.82. The first-order valence-electron chi connectivity index (χ1n) is 5.73. The lowest BCUT2D eigenvalue weighted by Gasteiger charge is -2.26. The molecule has 2 aromatic rings. The molecule has 0 amide bonds. The van der Waals surface area contributed by atoms with Gasteiger partial charge in [-0.3, -0.25) is 0 Å². The molecule has 0 saturated heterocycles. The molecule has 0 unspecified atom stereocenters. The van der Waals surface area contributed by atoms with Gasteiger partial charge in [-0.05, 0) is 25.3 Å². The number of pyridine rings is 1. The van der Waals surface area contributed by atoms with Crippen molar-refractivity contribution in [3.05, 3.63) is 36.5 Å². The smallest absolute Gasteiger partial charge is 0.134 e. The molecule has 0 saturated carbocycles. The van der Waals surface area contributed by atoms with Gasteiger partial charge in [0.2, 0.25) is 0 Å². The van der Waals surface area contributed by atoms with E-state index in [0.29, 0.717) is 6.61 Å². The predicted octanol–water partition coefficient (Wildman–Crippen LogP) is 3.07. The molecule has 90 valence electrons. The minimum absolute atomic E-state index is 0.133. The molecule has 0 fully saturated rings. The summed E-state index contributed by atoms with van der Waals surface area (Å²) in [5.41, 5.74) is -0.133. The maximum Gasteiger partial charge on any atom is 0.134 e. The summed E-state index contributed by atoms with van der Waals surface area (Å²) in [7, 11) is 1.71. The molecule has 1 heterocycles. The van der Waals surface area contributed by atoms with Gasteiger partial charge < -0.3 is 10.1 Å². The van der Waals surface area contributed by atoms with Crippen LogP contribution in [0.15, 0.2) is 36.5 Å². The predicted molar refractivity (Wildman–Crippen MR) is 71.3 cm³/mol. The molecule has 0 radical (unpaired) electrons. The summed E-state index contributed by atoms with van der Waals surface area (Å²) < 4.78 is 5.20. The molecule has 17 heavy (non-hydrogen) atoms. The van der Waals surface area contributed by atoms with Crippen LogP contribution in [-0.4, -0.2) is 24.2 Å². The maximum atomic E-state index is 5.20. The van der Waals surface area contributed by atoms with E-state index in [1.807, 2.05) is 24.4 Å². The Morgan fingerprint density at radius 3 is 2.76 bits per heavy atom. The van der Waals surface area contributed by atoms with E-state index in [2.05, 4.69) is 36.3 Å². The van der Waals surface area contributed by atoms with E-state index in [1.165, 1.54) is 5.39 Å². The minimum atomic E-state index is -0.133. The Labute approximate surface area is 102 Å². The largest absolute Gasteiger partial charge is 0.382 e. The first-order valence-corrected chi connectivity index (χ1v) is 5.73. The van der Waals surface area contributed by atoms with E-state index in [-0.39, 0.29) is 5.54 Å². The summed E-state index contributed by atoms with van der Waals surface area (Å²) >= 11 is 0. The molecule has 1 aromatic heterocycles. The number of rotatable bonds is 4. The number of nitrogens with zero attached hydrogens (tertiary/aromatic N) is 1. The second kappa shape index (κ2) is 4.72. The third-order valence-corrected chi connectivity index (χ3v) is 2.64. The zero-order valence-electron chi connectivity index (χ0n) is 10.5. The van der Waals surface area contributed by atoms with E-state index in [9.17, 15) is 0 Å². The molecule has 3 heteroatoms. The third kappa shape index (κ3) is 2.74. The lowest BCUT2D eigenvalue weighted by Crippen LogP contribution is -2.36. The number of methoxy groups -OCH3 is 1. The maximum absolute atomic E-state index is 5.20. The Morgan fingerprint density at radius 1 is 1.24 bits per heavy atom. The molecule has 0 aliphatic rings. The normalized spacial score (nSPS) is 11.7. The van der Waals surface area contributed by atoms with E-state index in [4.69, 9.17) is 4.74 Å². The lowest BCUT2D eigenvalue weighted by molar-refractivity contribution is 0.158. The Kier molecular flexibility index (Phi) is 3.29. The average Bonchev–Trinajstić information content (AvgIpc) is 2.29. The van der Waals surface area contributed by atoms with Gasteiger partial charge in [0, 0.05) is 18.7 Å². The van der Waals surface area contributed by atoms with Crippen LogP contribution in [0.25, 0.3) is 10.8 Å². The number of fused-ring (bicyclic) bond motifs is 1. The van der Waals surface area contributed by atoms with Gasteiger partial charge in [-0.2, -0.15) is 0 Å². The molecular weight excluding hydrogens is 212 g/mol. The van der Waals surface area contributed by atoms with Crippen LogP contribution in [0.2, 0.25) is 0 Å². The highest BCUT2D eigenvalue weighted by molar-refractivity contribution is 5.91. The SMILES string of the molecule is COCC(C)(C)Nc1nccc2ccccc12. The van der Waals surface area contributed by atoms with Crippen LogP contribution >= 0.6 is 0 Å². The van der Waals surface area contributed by atoms with Crippen molar-refractivity contribution >= 4 is 16.6 Å². The van der Waals surface area contributed by atoms with E-state index >= 15 is 0 Å². The van der Waals surface area contributed by atoms with Crippen molar-refractivity contribution in [2.75, 3.05) is 19.0 Å². The molecule has 0 atom stereocenters. The zero-order valence-corrected chi connectivity index (χ0v) is 10.5. The standard InChI is InChI=1S/C14H18N2O/c1-14(2,10-17-3)16-13-12-7-5-4-6-11(12)8-9-15-13/h4-9H,10H2,1-3H3,(H,15,16). The Hall–Kier alpha value is -1.61. The van der Waals surface area contributed by atoms with E-state index < -0.39 is 0 Å². The average molecular weight is 230 g/mol. The molecule has 1 N–H and O–H groups in total. The third-order valence-electron chi connectivity index (χ3n) is 2.64.